The van der Waals surface area contributed by atoms with Crippen molar-refractivity contribution in [1.82, 2.24) is 0 Å². The second-order valence-corrected chi connectivity index (χ2v) is 6.59. The van der Waals surface area contributed by atoms with E-state index in [-0.39, 0.29) is 6.61 Å². The van der Waals surface area contributed by atoms with Gasteiger partial charge in [0, 0.05) is 5.02 Å². The van der Waals surface area contributed by atoms with Gasteiger partial charge in [-0.2, -0.15) is 0 Å². The zero-order valence-electron chi connectivity index (χ0n) is 13.0. The quantitative estimate of drug-likeness (QED) is 0.842. The molecule has 0 saturated carbocycles. The molecule has 2 N–H and O–H groups in total. The summed E-state index contributed by atoms with van der Waals surface area (Å²) in [7, 11) is 0. The molecule has 2 fully saturated rings. The van der Waals surface area contributed by atoms with Crippen LogP contribution in [0.5, 0.6) is 0 Å². The maximum Gasteiger partial charge on any atom is 0.190 e. The van der Waals surface area contributed by atoms with Gasteiger partial charge in [-0.25, -0.2) is 0 Å². The van der Waals surface area contributed by atoms with E-state index in [1.165, 1.54) is 0 Å². The number of hydrogen-bond donors (Lipinski definition) is 2. The number of aliphatic hydroxyl groups is 2. The number of benzene rings is 1. The van der Waals surface area contributed by atoms with Gasteiger partial charge in [-0.1, -0.05) is 29.8 Å². The van der Waals surface area contributed by atoms with Crippen LogP contribution >= 0.6 is 11.6 Å². The first-order chi connectivity index (χ1) is 10.9. The van der Waals surface area contributed by atoms with Gasteiger partial charge in [0.1, 0.15) is 24.4 Å². The maximum atomic E-state index is 9.97. The van der Waals surface area contributed by atoms with Crippen LogP contribution in [0.15, 0.2) is 24.3 Å². The van der Waals surface area contributed by atoms with Crippen LogP contribution in [-0.2, 0) is 25.6 Å². The van der Waals surface area contributed by atoms with Crippen LogP contribution in [0.1, 0.15) is 19.4 Å². The molecule has 2 aliphatic heterocycles. The van der Waals surface area contributed by atoms with E-state index in [0.717, 1.165) is 5.56 Å². The first kappa shape index (κ1) is 17.1. The Bertz CT molecular complexity index is 551. The molecule has 1 aromatic carbocycles. The van der Waals surface area contributed by atoms with E-state index < -0.39 is 43.1 Å². The Morgan fingerprint density at radius 1 is 1.30 bits per heavy atom. The van der Waals surface area contributed by atoms with E-state index in [1.54, 1.807) is 19.9 Å². The number of ether oxygens (including phenoxy) is 4. The molecule has 0 bridgehead atoms. The highest BCUT2D eigenvalue weighted by Crippen LogP contribution is 2.40. The Morgan fingerprint density at radius 3 is 2.74 bits per heavy atom. The number of aliphatic hydroxyl groups excluding tert-OH is 2. The van der Waals surface area contributed by atoms with Crippen molar-refractivity contribution >= 4 is 11.6 Å². The zero-order chi connectivity index (χ0) is 16.6. The molecular formula is C16H21ClO6. The van der Waals surface area contributed by atoms with E-state index in [1.807, 2.05) is 18.2 Å². The van der Waals surface area contributed by atoms with Crippen molar-refractivity contribution in [3.8, 4) is 0 Å². The third kappa shape index (κ3) is 3.53. The first-order valence-corrected chi connectivity index (χ1v) is 7.94. The third-order valence-corrected chi connectivity index (χ3v) is 4.35. The number of halogens is 1. The molecule has 0 aliphatic carbocycles. The normalized spacial score (nSPS) is 33.6. The highest BCUT2D eigenvalue weighted by molar-refractivity contribution is 6.31. The van der Waals surface area contributed by atoms with Gasteiger partial charge in [-0.3, -0.25) is 0 Å². The van der Waals surface area contributed by atoms with Gasteiger partial charge < -0.3 is 29.2 Å². The summed E-state index contributed by atoms with van der Waals surface area (Å²) < 4.78 is 23.1. The summed E-state index contributed by atoms with van der Waals surface area (Å²) in [5.74, 6) is -0.781. The average Bonchev–Trinajstić information content (AvgIpc) is 2.98. The average molecular weight is 345 g/mol. The van der Waals surface area contributed by atoms with Crippen LogP contribution < -0.4 is 0 Å². The largest absolute Gasteiger partial charge is 0.394 e. The van der Waals surface area contributed by atoms with Crippen molar-refractivity contribution in [2.75, 3.05) is 6.61 Å². The fourth-order valence-corrected chi connectivity index (χ4v) is 3.10. The molecule has 23 heavy (non-hydrogen) atoms. The van der Waals surface area contributed by atoms with Crippen molar-refractivity contribution in [2.24, 2.45) is 0 Å². The molecule has 0 unspecified atom stereocenters. The van der Waals surface area contributed by atoms with Gasteiger partial charge in [0.05, 0.1) is 13.2 Å². The standard InChI is InChI=1S/C16H21ClO6/c1-16(2)22-14-13(12(11(19)7-18)21-15(14)23-16)20-8-9-5-3-4-6-10(9)17/h3-6,11-15,18-19H,7-8H2,1-2H3/t11-,12-,13+,14-,15-/m1/s1. The van der Waals surface area contributed by atoms with E-state index in [0.29, 0.717) is 5.02 Å². The lowest BCUT2D eigenvalue weighted by Crippen LogP contribution is -2.44. The SMILES string of the molecule is CC1(C)O[C@H]2O[C@H]([C@H](O)CO)[C@H](OCc3ccccc3Cl)[C@H]2O1. The molecule has 2 aliphatic rings. The Hall–Kier alpha value is -0.730. The number of fused-ring (bicyclic) bond motifs is 1. The summed E-state index contributed by atoms with van der Waals surface area (Å²) in [5.41, 5.74) is 0.827. The van der Waals surface area contributed by atoms with Crippen molar-refractivity contribution in [3.63, 3.8) is 0 Å². The van der Waals surface area contributed by atoms with Gasteiger partial charge in [0.25, 0.3) is 0 Å². The van der Waals surface area contributed by atoms with E-state index in [4.69, 9.17) is 30.5 Å². The van der Waals surface area contributed by atoms with Crippen LogP contribution in [0.3, 0.4) is 0 Å². The summed E-state index contributed by atoms with van der Waals surface area (Å²) in [6.45, 7) is 3.39. The second kappa shape index (κ2) is 6.64. The maximum absolute atomic E-state index is 9.97. The molecule has 6 nitrogen and oxygen atoms in total. The van der Waals surface area contributed by atoms with Crippen LogP contribution in [0.25, 0.3) is 0 Å². The Morgan fingerprint density at radius 2 is 2.04 bits per heavy atom. The molecule has 7 heteroatoms. The predicted molar refractivity (Wildman–Crippen MR) is 81.8 cm³/mol. The van der Waals surface area contributed by atoms with Gasteiger partial charge in [-0.15, -0.1) is 0 Å². The van der Waals surface area contributed by atoms with Crippen molar-refractivity contribution in [3.05, 3.63) is 34.9 Å². The molecule has 0 spiro atoms. The molecule has 5 atom stereocenters. The fourth-order valence-electron chi connectivity index (χ4n) is 2.91. The zero-order valence-corrected chi connectivity index (χ0v) is 13.8. The van der Waals surface area contributed by atoms with Crippen LogP contribution in [0.2, 0.25) is 5.02 Å². The predicted octanol–water partition coefficient (Wildman–Crippen LogP) is 1.45. The Balaban J connectivity index is 1.74. The molecule has 0 radical (unpaired) electrons. The fraction of sp³-hybridized carbons (Fsp3) is 0.625. The Labute approximate surface area is 139 Å². The van der Waals surface area contributed by atoms with E-state index in [9.17, 15) is 10.2 Å². The minimum atomic E-state index is -1.08. The van der Waals surface area contributed by atoms with Crippen molar-refractivity contribution in [2.45, 2.75) is 56.9 Å². The van der Waals surface area contributed by atoms with Gasteiger partial charge in [0.2, 0.25) is 0 Å². The minimum Gasteiger partial charge on any atom is -0.394 e. The van der Waals surface area contributed by atoms with E-state index >= 15 is 0 Å². The lowest BCUT2D eigenvalue weighted by atomic mass is 10.1. The van der Waals surface area contributed by atoms with Crippen molar-refractivity contribution < 1.29 is 29.2 Å². The summed E-state index contributed by atoms with van der Waals surface area (Å²) >= 11 is 6.14. The highest BCUT2D eigenvalue weighted by Gasteiger charge is 2.56. The summed E-state index contributed by atoms with van der Waals surface area (Å²) in [6, 6.07) is 7.36. The Kier molecular flexibility index (Phi) is 4.94. The summed E-state index contributed by atoms with van der Waals surface area (Å²) in [6.07, 6.45) is -3.48. The summed E-state index contributed by atoms with van der Waals surface area (Å²) in [4.78, 5) is 0. The van der Waals surface area contributed by atoms with Gasteiger partial charge >= 0.3 is 0 Å². The molecule has 0 amide bonds. The van der Waals surface area contributed by atoms with Crippen molar-refractivity contribution in [1.29, 1.82) is 0 Å². The number of hydrogen-bond acceptors (Lipinski definition) is 6. The minimum absolute atomic E-state index is 0.245. The summed E-state index contributed by atoms with van der Waals surface area (Å²) in [5, 5.41) is 19.8. The molecular weight excluding hydrogens is 324 g/mol. The second-order valence-electron chi connectivity index (χ2n) is 6.19. The van der Waals surface area contributed by atoms with Gasteiger partial charge in [0.15, 0.2) is 12.1 Å². The topological polar surface area (TPSA) is 77.4 Å². The van der Waals surface area contributed by atoms with Gasteiger partial charge in [-0.05, 0) is 25.5 Å². The molecule has 128 valence electrons. The third-order valence-electron chi connectivity index (χ3n) is 3.98. The molecule has 1 aromatic rings. The smallest absolute Gasteiger partial charge is 0.190 e. The lowest BCUT2D eigenvalue weighted by molar-refractivity contribution is -0.232. The molecule has 0 aromatic heterocycles. The highest BCUT2D eigenvalue weighted by atomic mass is 35.5. The van der Waals surface area contributed by atoms with E-state index in [2.05, 4.69) is 0 Å². The monoisotopic (exact) mass is 344 g/mol. The van der Waals surface area contributed by atoms with Crippen LogP contribution in [0, 0.1) is 0 Å². The molecule has 3 rings (SSSR count). The van der Waals surface area contributed by atoms with Crippen LogP contribution in [0.4, 0.5) is 0 Å². The molecule has 2 saturated heterocycles. The first-order valence-electron chi connectivity index (χ1n) is 7.56. The van der Waals surface area contributed by atoms with Crippen LogP contribution in [-0.4, -0.2) is 53.3 Å². The number of rotatable bonds is 5. The molecule has 2 heterocycles. The lowest BCUT2D eigenvalue weighted by Gasteiger charge is -2.28.